The van der Waals surface area contributed by atoms with Crippen molar-refractivity contribution in [2.45, 2.75) is 51.8 Å². The number of hydrogen-bond donors (Lipinski definition) is 1. The van der Waals surface area contributed by atoms with Crippen molar-refractivity contribution in [2.24, 2.45) is 0 Å². The highest BCUT2D eigenvalue weighted by molar-refractivity contribution is 6.41. The van der Waals surface area contributed by atoms with Crippen molar-refractivity contribution in [1.82, 2.24) is 29.2 Å². The number of aromatic nitrogens is 3. The van der Waals surface area contributed by atoms with Crippen LogP contribution in [0.1, 0.15) is 33.6 Å². The molecule has 3 aromatic rings. The number of nitriles is 1. The molecule has 2 fully saturated rings. The maximum absolute atomic E-state index is 14.2. The standard InChI is InChI=1S/C36H46Cl2N8O5/c1-7-43-12-14-45(15-13-43)36(2,3)20-24(21-39)33(47)44-10-8-25(9-11-44)51-17-16-46-32-23(22-41-35(40-4)42-32)18-26(34(46)48)29-30(37)27(49-5)19-28(50-6)31(29)38/h18-20,22,25H,7-17H2,1-6H3,(H,40,41,42)/b24-20-. The van der Waals surface area contributed by atoms with E-state index in [0.717, 1.165) is 32.7 Å². The van der Waals surface area contributed by atoms with Gasteiger partial charge in [0.2, 0.25) is 5.95 Å². The number of fused-ring (bicyclic) bond motifs is 1. The van der Waals surface area contributed by atoms with E-state index in [-0.39, 0.29) is 57.5 Å². The first-order valence-corrected chi connectivity index (χ1v) is 17.9. The lowest BCUT2D eigenvalue weighted by Gasteiger charge is -2.42. The minimum absolute atomic E-state index is 0.131. The molecule has 1 aromatic carbocycles. The van der Waals surface area contributed by atoms with E-state index < -0.39 is 5.54 Å². The van der Waals surface area contributed by atoms with Crippen LogP contribution in [0.15, 0.2) is 34.8 Å². The number of pyridine rings is 1. The van der Waals surface area contributed by atoms with Crippen molar-refractivity contribution >= 4 is 46.1 Å². The molecule has 0 saturated carbocycles. The molecule has 1 amide bonds. The van der Waals surface area contributed by atoms with Gasteiger partial charge in [-0.25, -0.2) is 4.98 Å². The third-order valence-corrected chi connectivity index (χ3v) is 10.5. The van der Waals surface area contributed by atoms with Crippen molar-refractivity contribution in [3.63, 3.8) is 0 Å². The SMILES string of the molecule is CCN1CCN(C(C)(C)/C=C(/C#N)C(=O)N2CCC(OCCn3c(=O)c(-c4c(Cl)c(OC)cc(OC)c4Cl)cc4cnc(NC)nc43)CC2)CC1. The van der Waals surface area contributed by atoms with Crippen LogP contribution in [0.3, 0.4) is 0 Å². The number of likely N-dealkylation sites (N-methyl/N-ethyl adjacent to an activating group) is 1. The van der Waals surface area contributed by atoms with Crippen LogP contribution in [0.5, 0.6) is 11.5 Å². The summed E-state index contributed by atoms with van der Waals surface area (Å²) in [5, 5.41) is 13.8. The van der Waals surface area contributed by atoms with Gasteiger partial charge < -0.3 is 29.3 Å². The Kier molecular flexibility index (Phi) is 12.5. The van der Waals surface area contributed by atoms with E-state index in [1.54, 1.807) is 30.3 Å². The summed E-state index contributed by atoms with van der Waals surface area (Å²) < 4.78 is 18.7. The molecule has 0 bridgehead atoms. The number of amides is 1. The van der Waals surface area contributed by atoms with Gasteiger partial charge in [0.15, 0.2) is 0 Å². The molecule has 2 aliphatic heterocycles. The summed E-state index contributed by atoms with van der Waals surface area (Å²) in [4.78, 5) is 43.0. The maximum atomic E-state index is 14.2. The van der Waals surface area contributed by atoms with Gasteiger partial charge >= 0.3 is 0 Å². The number of hydrogen-bond acceptors (Lipinski definition) is 11. The number of carbonyl (C=O) groups is 1. The number of piperazine rings is 1. The molecule has 51 heavy (non-hydrogen) atoms. The largest absolute Gasteiger partial charge is 0.495 e. The molecule has 0 unspecified atom stereocenters. The highest BCUT2D eigenvalue weighted by atomic mass is 35.5. The van der Waals surface area contributed by atoms with Crippen LogP contribution in [-0.2, 0) is 16.1 Å². The lowest BCUT2D eigenvalue weighted by atomic mass is 9.97. The maximum Gasteiger partial charge on any atom is 0.264 e. The third-order valence-electron chi connectivity index (χ3n) is 9.77. The number of nitrogens with one attached hydrogen (secondary N) is 1. The number of carbonyl (C=O) groups excluding carboxylic acids is 1. The summed E-state index contributed by atoms with van der Waals surface area (Å²) in [5.41, 5.74) is 0.294. The van der Waals surface area contributed by atoms with Crippen LogP contribution < -0.4 is 20.3 Å². The van der Waals surface area contributed by atoms with Crippen molar-refractivity contribution in [1.29, 1.82) is 5.26 Å². The predicted octanol–water partition coefficient (Wildman–Crippen LogP) is 4.70. The van der Waals surface area contributed by atoms with E-state index in [4.69, 9.17) is 37.4 Å². The highest BCUT2D eigenvalue weighted by Gasteiger charge is 2.32. The first kappa shape index (κ1) is 38.3. The molecular weight excluding hydrogens is 695 g/mol. The second-order valence-corrected chi connectivity index (χ2v) is 13.9. The van der Waals surface area contributed by atoms with Crippen LogP contribution in [-0.4, -0.2) is 120 Å². The van der Waals surface area contributed by atoms with E-state index >= 15 is 0 Å². The fourth-order valence-electron chi connectivity index (χ4n) is 6.72. The molecule has 0 aliphatic carbocycles. The Morgan fingerprint density at radius 2 is 1.73 bits per heavy atom. The quantitative estimate of drug-likeness (QED) is 0.204. The predicted molar refractivity (Wildman–Crippen MR) is 199 cm³/mol. The molecule has 1 N–H and O–H groups in total. The highest BCUT2D eigenvalue weighted by Crippen LogP contribution is 2.45. The van der Waals surface area contributed by atoms with E-state index in [1.165, 1.54) is 18.8 Å². The fourth-order valence-corrected chi connectivity index (χ4v) is 7.43. The molecule has 0 atom stereocenters. The van der Waals surface area contributed by atoms with Crippen molar-refractivity contribution < 1.29 is 19.0 Å². The Bertz CT molecular complexity index is 1850. The molecule has 274 valence electrons. The summed E-state index contributed by atoms with van der Waals surface area (Å²) in [6.07, 6.45) is 4.51. The minimum atomic E-state index is -0.421. The number of ether oxygens (including phenoxy) is 3. The number of likely N-dealkylation sites (tertiary alicyclic amines) is 1. The van der Waals surface area contributed by atoms with Gasteiger partial charge in [-0.3, -0.25) is 19.1 Å². The molecular formula is C36H46Cl2N8O5. The zero-order valence-corrected chi connectivity index (χ0v) is 31.6. The molecule has 0 radical (unpaired) electrons. The Labute approximate surface area is 308 Å². The average Bonchev–Trinajstić information content (AvgIpc) is 3.15. The molecule has 2 aliphatic rings. The minimum Gasteiger partial charge on any atom is -0.495 e. The second-order valence-electron chi connectivity index (χ2n) is 13.1. The monoisotopic (exact) mass is 740 g/mol. The zero-order valence-electron chi connectivity index (χ0n) is 30.1. The van der Waals surface area contributed by atoms with Crippen molar-refractivity contribution in [3.8, 4) is 28.7 Å². The first-order chi connectivity index (χ1) is 24.5. The van der Waals surface area contributed by atoms with Gasteiger partial charge in [-0.05, 0) is 45.4 Å². The molecule has 0 spiro atoms. The Hall–Kier alpha value is -3.93. The van der Waals surface area contributed by atoms with Gasteiger partial charge in [0, 0.05) is 75.1 Å². The summed E-state index contributed by atoms with van der Waals surface area (Å²) >= 11 is 13.4. The number of nitrogens with zero attached hydrogens (tertiary/aromatic N) is 7. The molecule has 15 heteroatoms. The smallest absolute Gasteiger partial charge is 0.264 e. The lowest BCUT2D eigenvalue weighted by Crippen LogP contribution is -2.54. The van der Waals surface area contributed by atoms with Gasteiger partial charge in [0.25, 0.3) is 11.5 Å². The van der Waals surface area contributed by atoms with E-state index in [2.05, 4.69) is 51.9 Å². The summed E-state index contributed by atoms with van der Waals surface area (Å²) in [7, 11) is 4.64. The van der Waals surface area contributed by atoms with Crippen LogP contribution in [0.4, 0.5) is 5.95 Å². The number of benzene rings is 1. The Balaban J connectivity index is 1.29. The van der Waals surface area contributed by atoms with Crippen LogP contribution in [0, 0.1) is 11.3 Å². The first-order valence-electron chi connectivity index (χ1n) is 17.2. The normalized spacial score (nSPS) is 16.7. The van der Waals surface area contributed by atoms with E-state index in [9.17, 15) is 14.9 Å². The zero-order chi connectivity index (χ0) is 36.9. The number of rotatable bonds is 12. The van der Waals surface area contributed by atoms with Crippen molar-refractivity contribution in [2.75, 3.05) is 79.0 Å². The second kappa shape index (κ2) is 16.6. The Morgan fingerprint density at radius 3 is 2.29 bits per heavy atom. The molecule has 2 saturated heterocycles. The Morgan fingerprint density at radius 1 is 1.08 bits per heavy atom. The van der Waals surface area contributed by atoms with Gasteiger partial charge in [-0.2, -0.15) is 10.2 Å². The number of methoxy groups -OCH3 is 2. The van der Waals surface area contributed by atoms with Crippen LogP contribution in [0.25, 0.3) is 22.2 Å². The summed E-state index contributed by atoms with van der Waals surface area (Å²) in [6, 6.07) is 5.39. The molecule has 5 rings (SSSR count). The number of anilines is 1. The fraction of sp³-hybridized carbons (Fsp3) is 0.528. The van der Waals surface area contributed by atoms with Crippen molar-refractivity contribution in [3.05, 3.63) is 50.4 Å². The lowest BCUT2D eigenvalue weighted by molar-refractivity contribution is -0.129. The summed E-state index contributed by atoms with van der Waals surface area (Å²) in [6.45, 7) is 12.3. The molecule has 2 aromatic heterocycles. The van der Waals surface area contributed by atoms with Gasteiger partial charge in [-0.1, -0.05) is 30.1 Å². The van der Waals surface area contributed by atoms with Crippen LogP contribution in [0.2, 0.25) is 10.0 Å². The topological polar surface area (TPSA) is 138 Å². The van der Waals surface area contributed by atoms with Gasteiger partial charge in [0.1, 0.15) is 28.8 Å². The molecule has 13 nitrogen and oxygen atoms in total. The van der Waals surface area contributed by atoms with Gasteiger partial charge in [0.05, 0.1) is 49.1 Å². The summed E-state index contributed by atoms with van der Waals surface area (Å²) in [5.74, 6) is 0.715. The third kappa shape index (κ3) is 8.26. The van der Waals surface area contributed by atoms with Gasteiger partial charge in [-0.15, -0.1) is 0 Å². The number of halogens is 2. The average molecular weight is 742 g/mol. The van der Waals surface area contributed by atoms with E-state index in [0.29, 0.717) is 54.4 Å². The van der Waals surface area contributed by atoms with Crippen LogP contribution >= 0.6 is 23.2 Å². The number of piperidine rings is 1. The molecule has 4 heterocycles. The van der Waals surface area contributed by atoms with E-state index in [1.807, 2.05) is 6.08 Å².